The van der Waals surface area contributed by atoms with Crippen molar-refractivity contribution in [2.24, 2.45) is 0 Å². The SMILES string of the molecule is Cc1cc(NC2CCC(F)(F)CC2)nc(-n2nc(C=O)cc2C)n1. The van der Waals surface area contributed by atoms with E-state index in [-0.39, 0.29) is 18.9 Å². The molecule has 1 saturated carbocycles. The number of nitrogens with zero attached hydrogens (tertiary/aromatic N) is 4. The minimum atomic E-state index is -2.55. The molecule has 0 atom stereocenters. The molecule has 0 aliphatic heterocycles. The molecular formula is C16H19F2N5O. The number of aryl methyl sites for hydroxylation is 2. The van der Waals surface area contributed by atoms with Crippen molar-refractivity contribution in [1.82, 2.24) is 19.7 Å². The van der Waals surface area contributed by atoms with E-state index < -0.39 is 5.92 Å². The van der Waals surface area contributed by atoms with Crippen molar-refractivity contribution in [2.45, 2.75) is 51.5 Å². The molecule has 1 N–H and O–H groups in total. The highest BCUT2D eigenvalue weighted by Gasteiger charge is 2.34. The van der Waals surface area contributed by atoms with Crippen LogP contribution < -0.4 is 5.32 Å². The highest BCUT2D eigenvalue weighted by atomic mass is 19.3. The summed E-state index contributed by atoms with van der Waals surface area (Å²) in [5.41, 5.74) is 1.78. The number of carbonyl (C=O) groups excluding carboxylic acids is 1. The second-order valence-corrected chi connectivity index (χ2v) is 6.21. The smallest absolute Gasteiger partial charge is 0.252 e. The largest absolute Gasteiger partial charge is 0.367 e. The lowest BCUT2D eigenvalue weighted by molar-refractivity contribution is -0.0361. The van der Waals surface area contributed by atoms with Gasteiger partial charge in [-0.1, -0.05) is 0 Å². The number of rotatable bonds is 4. The summed E-state index contributed by atoms with van der Waals surface area (Å²) in [6, 6.07) is 3.39. The van der Waals surface area contributed by atoms with E-state index in [0.29, 0.717) is 36.6 Å². The van der Waals surface area contributed by atoms with Crippen LogP contribution >= 0.6 is 0 Å². The van der Waals surface area contributed by atoms with Gasteiger partial charge in [0.1, 0.15) is 11.5 Å². The van der Waals surface area contributed by atoms with Crippen LogP contribution in [0.2, 0.25) is 0 Å². The van der Waals surface area contributed by atoms with Crippen molar-refractivity contribution in [3.63, 3.8) is 0 Å². The Labute approximate surface area is 138 Å². The van der Waals surface area contributed by atoms with Gasteiger partial charge in [-0.3, -0.25) is 4.79 Å². The lowest BCUT2D eigenvalue weighted by atomic mass is 9.92. The van der Waals surface area contributed by atoms with Gasteiger partial charge in [0.15, 0.2) is 6.29 Å². The van der Waals surface area contributed by atoms with Gasteiger partial charge >= 0.3 is 0 Å². The number of aldehydes is 1. The van der Waals surface area contributed by atoms with Crippen LogP contribution in [0.1, 0.15) is 47.6 Å². The zero-order valence-electron chi connectivity index (χ0n) is 13.6. The highest BCUT2D eigenvalue weighted by molar-refractivity contribution is 5.71. The van der Waals surface area contributed by atoms with E-state index in [4.69, 9.17) is 0 Å². The summed E-state index contributed by atoms with van der Waals surface area (Å²) in [6.45, 7) is 3.63. The molecule has 3 rings (SSSR count). The van der Waals surface area contributed by atoms with Crippen molar-refractivity contribution in [1.29, 1.82) is 0 Å². The van der Waals surface area contributed by atoms with E-state index in [9.17, 15) is 13.6 Å². The zero-order chi connectivity index (χ0) is 17.3. The fourth-order valence-corrected chi connectivity index (χ4v) is 2.87. The Balaban J connectivity index is 1.81. The minimum absolute atomic E-state index is 0.0315. The zero-order valence-corrected chi connectivity index (χ0v) is 13.6. The molecule has 0 unspecified atom stereocenters. The van der Waals surface area contributed by atoms with E-state index in [0.717, 1.165) is 11.4 Å². The number of hydrogen-bond acceptors (Lipinski definition) is 5. The lowest BCUT2D eigenvalue weighted by Crippen LogP contribution is -2.32. The molecule has 0 amide bonds. The third-order valence-electron chi connectivity index (χ3n) is 4.13. The maximum Gasteiger partial charge on any atom is 0.252 e. The topological polar surface area (TPSA) is 72.7 Å². The Hall–Kier alpha value is -2.38. The minimum Gasteiger partial charge on any atom is -0.367 e. The van der Waals surface area contributed by atoms with Crippen LogP contribution in [-0.2, 0) is 0 Å². The Bertz CT molecular complexity index is 749. The average Bonchev–Trinajstić information content (AvgIpc) is 2.90. The number of anilines is 1. The van der Waals surface area contributed by atoms with Gasteiger partial charge in [0.2, 0.25) is 5.92 Å². The first-order valence-corrected chi connectivity index (χ1v) is 7.88. The van der Waals surface area contributed by atoms with Gasteiger partial charge in [0.05, 0.1) is 0 Å². The van der Waals surface area contributed by atoms with Crippen LogP contribution in [0.25, 0.3) is 5.95 Å². The monoisotopic (exact) mass is 335 g/mol. The van der Waals surface area contributed by atoms with E-state index in [1.807, 2.05) is 13.8 Å². The molecular weight excluding hydrogens is 316 g/mol. The van der Waals surface area contributed by atoms with Crippen LogP contribution in [0, 0.1) is 13.8 Å². The second kappa shape index (κ2) is 6.26. The van der Waals surface area contributed by atoms with E-state index in [1.54, 1.807) is 12.1 Å². The van der Waals surface area contributed by atoms with Gasteiger partial charge < -0.3 is 5.32 Å². The average molecular weight is 335 g/mol. The molecule has 0 radical (unpaired) electrons. The normalized spacial score (nSPS) is 17.7. The van der Waals surface area contributed by atoms with Gasteiger partial charge in [-0.05, 0) is 32.8 Å². The molecule has 6 nitrogen and oxygen atoms in total. The molecule has 1 fully saturated rings. The predicted octanol–water partition coefficient (Wildman–Crippen LogP) is 3.08. The summed E-state index contributed by atoms with van der Waals surface area (Å²) >= 11 is 0. The summed E-state index contributed by atoms with van der Waals surface area (Å²) in [7, 11) is 0. The molecule has 0 bridgehead atoms. The van der Waals surface area contributed by atoms with Gasteiger partial charge in [-0.25, -0.2) is 18.4 Å². The fraction of sp³-hybridized carbons (Fsp3) is 0.500. The fourth-order valence-electron chi connectivity index (χ4n) is 2.87. The number of alkyl halides is 2. The Morgan fingerprint density at radius 3 is 2.58 bits per heavy atom. The van der Waals surface area contributed by atoms with Crippen LogP contribution in [-0.4, -0.2) is 38.0 Å². The molecule has 2 aromatic rings. The molecule has 0 aromatic carbocycles. The number of nitrogens with one attached hydrogen (secondary N) is 1. The molecule has 1 aliphatic rings. The molecule has 128 valence electrons. The van der Waals surface area contributed by atoms with Gasteiger partial charge in [0.25, 0.3) is 5.95 Å². The van der Waals surface area contributed by atoms with Crippen LogP contribution in [0.4, 0.5) is 14.6 Å². The van der Waals surface area contributed by atoms with Crippen LogP contribution in [0.15, 0.2) is 12.1 Å². The number of aromatic nitrogens is 4. The number of halogens is 2. The first-order valence-electron chi connectivity index (χ1n) is 7.88. The Morgan fingerprint density at radius 1 is 1.25 bits per heavy atom. The summed E-state index contributed by atoms with van der Waals surface area (Å²) in [6.07, 6.45) is 1.26. The molecule has 8 heteroatoms. The standard InChI is InChI=1S/C16H19F2N5O/c1-10-7-14(20-12-3-5-16(17,18)6-4-12)21-15(19-10)23-11(2)8-13(9-24)22-23/h7-9,12H,3-6H2,1-2H3,(H,19,20,21). The van der Waals surface area contributed by atoms with E-state index >= 15 is 0 Å². The number of carbonyl (C=O) groups is 1. The van der Waals surface area contributed by atoms with Crippen LogP contribution in [0.5, 0.6) is 0 Å². The first kappa shape index (κ1) is 16.5. The Morgan fingerprint density at radius 2 is 1.96 bits per heavy atom. The van der Waals surface area contributed by atoms with Gasteiger partial charge in [-0.2, -0.15) is 10.1 Å². The van der Waals surface area contributed by atoms with Crippen molar-refractivity contribution in [3.05, 3.63) is 29.2 Å². The molecule has 0 spiro atoms. The predicted molar refractivity (Wildman–Crippen MR) is 84.8 cm³/mol. The van der Waals surface area contributed by atoms with Crippen molar-refractivity contribution in [3.8, 4) is 5.95 Å². The molecule has 0 saturated heterocycles. The summed E-state index contributed by atoms with van der Waals surface area (Å²) < 4.78 is 28.0. The van der Waals surface area contributed by atoms with Gasteiger partial charge in [0, 0.05) is 36.3 Å². The molecule has 2 heterocycles. The second-order valence-electron chi connectivity index (χ2n) is 6.21. The van der Waals surface area contributed by atoms with Crippen molar-refractivity contribution in [2.75, 3.05) is 5.32 Å². The van der Waals surface area contributed by atoms with Gasteiger partial charge in [-0.15, -0.1) is 0 Å². The van der Waals surface area contributed by atoms with E-state index in [2.05, 4.69) is 20.4 Å². The first-order chi connectivity index (χ1) is 11.4. The van der Waals surface area contributed by atoms with Crippen molar-refractivity contribution < 1.29 is 13.6 Å². The van der Waals surface area contributed by atoms with Crippen LogP contribution in [0.3, 0.4) is 0 Å². The maximum atomic E-state index is 13.3. The number of hydrogen-bond donors (Lipinski definition) is 1. The summed E-state index contributed by atoms with van der Waals surface area (Å²) in [4.78, 5) is 19.6. The Kier molecular flexibility index (Phi) is 4.29. The highest BCUT2D eigenvalue weighted by Crippen LogP contribution is 2.34. The summed E-state index contributed by atoms with van der Waals surface area (Å²) in [5.74, 6) is -1.62. The maximum absolute atomic E-state index is 13.3. The van der Waals surface area contributed by atoms with Crippen molar-refractivity contribution >= 4 is 12.1 Å². The summed E-state index contributed by atoms with van der Waals surface area (Å²) in [5, 5.41) is 7.36. The molecule has 24 heavy (non-hydrogen) atoms. The third kappa shape index (κ3) is 3.58. The molecule has 1 aliphatic carbocycles. The quantitative estimate of drug-likeness (QED) is 0.869. The van der Waals surface area contributed by atoms with E-state index in [1.165, 1.54) is 4.68 Å². The third-order valence-corrected chi connectivity index (χ3v) is 4.13. The molecule has 2 aromatic heterocycles. The lowest BCUT2D eigenvalue weighted by Gasteiger charge is -2.29.